The van der Waals surface area contributed by atoms with Crippen LogP contribution in [-0.4, -0.2) is 22.4 Å². The van der Waals surface area contributed by atoms with Crippen molar-refractivity contribution in [1.29, 1.82) is 0 Å². The minimum Gasteiger partial charge on any atom is -0.872 e. The second-order valence-electron chi connectivity index (χ2n) is 8.36. The minimum absolute atomic E-state index is 0. The molecule has 0 bridgehead atoms. The third-order valence-electron chi connectivity index (χ3n) is 5.70. The number of aliphatic imine (C=N–C) groups is 2. The van der Waals surface area contributed by atoms with E-state index < -0.39 is 0 Å². The van der Waals surface area contributed by atoms with Crippen LogP contribution in [0.3, 0.4) is 0 Å². The molecule has 0 aliphatic carbocycles. The molecule has 6 nitrogen and oxygen atoms in total. The maximum Gasteiger partial charge on any atom is 2.00 e. The first-order valence-electron chi connectivity index (χ1n) is 12.0. The molecule has 2 heterocycles. The number of nitrogens with zero attached hydrogens (tertiary/aromatic N) is 4. The first kappa shape index (κ1) is 27.2. The van der Waals surface area contributed by atoms with Gasteiger partial charge in [-0.25, -0.2) is 0 Å². The van der Waals surface area contributed by atoms with Gasteiger partial charge < -0.3 is 10.2 Å². The molecule has 0 aliphatic heterocycles. The van der Waals surface area contributed by atoms with E-state index in [1.54, 1.807) is 49.1 Å². The first-order valence-corrected chi connectivity index (χ1v) is 12.0. The van der Waals surface area contributed by atoms with Gasteiger partial charge in [0.2, 0.25) is 0 Å². The molecular weight excluding hydrogens is 536 g/mol. The maximum atomic E-state index is 11.5. The van der Waals surface area contributed by atoms with E-state index in [0.29, 0.717) is 11.1 Å². The number of rotatable bonds is 4. The fourth-order valence-corrected chi connectivity index (χ4v) is 3.72. The summed E-state index contributed by atoms with van der Waals surface area (Å²) in [6, 6.07) is 33.3. The molecule has 0 atom stereocenters. The van der Waals surface area contributed by atoms with Gasteiger partial charge >= 0.3 is 17.1 Å². The zero-order chi connectivity index (χ0) is 26.2. The number of hydrogen-bond donors (Lipinski definition) is 0. The van der Waals surface area contributed by atoms with E-state index >= 15 is 0 Å². The zero-order valence-corrected chi connectivity index (χ0v) is 21.6. The smallest absolute Gasteiger partial charge is 0.872 e. The average molecular weight is 558 g/mol. The Bertz CT molecular complexity index is 1640. The molecule has 0 saturated heterocycles. The second-order valence-corrected chi connectivity index (χ2v) is 8.36. The van der Waals surface area contributed by atoms with Gasteiger partial charge in [-0.2, -0.15) is 0 Å². The van der Waals surface area contributed by atoms with Crippen molar-refractivity contribution in [3.05, 3.63) is 133 Å². The summed E-state index contributed by atoms with van der Waals surface area (Å²) in [7, 11) is 0. The van der Waals surface area contributed by atoms with Crippen LogP contribution in [0.2, 0.25) is 0 Å². The molecule has 0 aliphatic rings. The molecule has 0 spiro atoms. The van der Waals surface area contributed by atoms with Crippen LogP contribution in [0.1, 0.15) is 11.1 Å². The summed E-state index contributed by atoms with van der Waals surface area (Å²) in [5, 5.41) is 25.2. The first-order chi connectivity index (χ1) is 18.7. The predicted octanol–water partition coefficient (Wildman–Crippen LogP) is 6.12. The van der Waals surface area contributed by atoms with Crippen molar-refractivity contribution < 1.29 is 27.3 Å². The van der Waals surface area contributed by atoms with Crippen LogP contribution in [0, 0.1) is 0 Å². The van der Waals surface area contributed by atoms with E-state index in [1.165, 1.54) is 12.1 Å². The summed E-state index contributed by atoms with van der Waals surface area (Å²) in [4.78, 5) is 17.2. The average Bonchev–Trinajstić information content (AvgIpc) is 2.96. The molecule has 1 radical (unpaired) electrons. The van der Waals surface area contributed by atoms with E-state index in [1.807, 2.05) is 72.8 Å². The minimum atomic E-state index is -0.0278. The fraction of sp³-hybridized carbons (Fsp3) is 0. The Morgan fingerprint density at radius 2 is 0.897 bits per heavy atom. The van der Waals surface area contributed by atoms with E-state index in [9.17, 15) is 10.2 Å². The zero-order valence-electron chi connectivity index (χ0n) is 20.6. The van der Waals surface area contributed by atoms with Crippen LogP contribution in [0.25, 0.3) is 21.8 Å². The molecule has 6 aromatic rings. The van der Waals surface area contributed by atoms with Crippen LogP contribution in [0.5, 0.6) is 11.5 Å². The summed E-state index contributed by atoms with van der Waals surface area (Å²) in [6.45, 7) is 0. The van der Waals surface area contributed by atoms with E-state index in [0.717, 1.165) is 33.2 Å². The van der Waals surface area contributed by atoms with Crippen LogP contribution in [-0.2, 0) is 17.1 Å². The number of pyridine rings is 2. The monoisotopic (exact) mass is 557 g/mol. The molecule has 0 N–H and O–H groups in total. The summed E-state index contributed by atoms with van der Waals surface area (Å²) < 4.78 is 0. The van der Waals surface area contributed by atoms with Gasteiger partial charge in [0.15, 0.2) is 0 Å². The van der Waals surface area contributed by atoms with Crippen molar-refractivity contribution in [2.24, 2.45) is 9.98 Å². The Hall–Kier alpha value is -4.84. The number of aromatic nitrogens is 2. The summed E-state index contributed by atoms with van der Waals surface area (Å²) in [5.41, 5.74) is 4.51. The second kappa shape index (κ2) is 13.1. The van der Waals surface area contributed by atoms with E-state index in [4.69, 9.17) is 0 Å². The quantitative estimate of drug-likeness (QED) is 0.193. The Labute approximate surface area is 236 Å². The molecule has 6 rings (SSSR count). The normalized spacial score (nSPS) is 10.9. The molecule has 2 aromatic heterocycles. The van der Waals surface area contributed by atoms with Crippen LogP contribution in [0.15, 0.2) is 132 Å². The Balaban J connectivity index is 0.000000176. The van der Waals surface area contributed by atoms with Crippen molar-refractivity contribution in [1.82, 2.24) is 9.97 Å². The molecule has 193 valence electrons. The van der Waals surface area contributed by atoms with Crippen LogP contribution < -0.4 is 10.2 Å². The number of benzene rings is 4. The SMILES string of the molecule is [Cu+2].[O-]c1ccccc1C=Nc1cnc2ccccc2c1.[O-]c1ccccc1C=Nc1cnc2ccccc2c1. The van der Waals surface area contributed by atoms with Crippen molar-refractivity contribution in [2.75, 3.05) is 0 Å². The Kier molecular flexibility index (Phi) is 9.14. The third-order valence-corrected chi connectivity index (χ3v) is 5.70. The topological polar surface area (TPSA) is 96.6 Å². The molecule has 0 saturated carbocycles. The maximum absolute atomic E-state index is 11.5. The fourth-order valence-electron chi connectivity index (χ4n) is 3.72. The van der Waals surface area contributed by atoms with E-state index in [2.05, 4.69) is 20.0 Å². The van der Waals surface area contributed by atoms with Gasteiger partial charge in [-0.15, -0.1) is 11.5 Å². The summed E-state index contributed by atoms with van der Waals surface area (Å²) in [5.74, 6) is -0.0556. The van der Waals surface area contributed by atoms with E-state index in [-0.39, 0.29) is 28.6 Å². The number of hydrogen-bond acceptors (Lipinski definition) is 6. The van der Waals surface area contributed by atoms with Gasteiger partial charge in [-0.3, -0.25) is 20.0 Å². The molecular formula is C32H22CuN4O2. The van der Waals surface area contributed by atoms with Crippen molar-refractivity contribution in [3.63, 3.8) is 0 Å². The third kappa shape index (κ3) is 7.14. The Morgan fingerprint density at radius 3 is 1.33 bits per heavy atom. The van der Waals surface area contributed by atoms with Gasteiger partial charge in [0.25, 0.3) is 0 Å². The molecule has 39 heavy (non-hydrogen) atoms. The molecule has 0 unspecified atom stereocenters. The van der Waals surface area contributed by atoms with Gasteiger partial charge in [-0.05, 0) is 35.4 Å². The molecule has 0 fully saturated rings. The van der Waals surface area contributed by atoms with Gasteiger partial charge in [0.1, 0.15) is 0 Å². The van der Waals surface area contributed by atoms with Gasteiger partial charge in [0.05, 0.1) is 34.8 Å². The largest absolute Gasteiger partial charge is 2.00 e. The standard InChI is InChI=1S/2C16H12N2O.Cu/c2*19-16-8-4-2-6-13(16)10-17-14-9-12-5-1-3-7-15(12)18-11-14;/h2*1-11,19H;/q;;+2/p-2. The van der Waals surface area contributed by atoms with Crippen molar-refractivity contribution in [2.45, 2.75) is 0 Å². The van der Waals surface area contributed by atoms with Crippen LogP contribution >= 0.6 is 0 Å². The summed E-state index contributed by atoms with van der Waals surface area (Å²) >= 11 is 0. The predicted molar refractivity (Wildman–Crippen MR) is 150 cm³/mol. The molecule has 7 heteroatoms. The van der Waals surface area contributed by atoms with Crippen molar-refractivity contribution in [3.8, 4) is 11.5 Å². The molecule has 0 amide bonds. The van der Waals surface area contributed by atoms with Gasteiger partial charge in [0, 0.05) is 23.2 Å². The number of fused-ring (bicyclic) bond motifs is 2. The van der Waals surface area contributed by atoms with Gasteiger partial charge in [-0.1, -0.05) is 84.9 Å². The van der Waals surface area contributed by atoms with Crippen LogP contribution in [0.4, 0.5) is 11.4 Å². The van der Waals surface area contributed by atoms with Crippen molar-refractivity contribution >= 4 is 45.6 Å². The summed E-state index contributed by atoms with van der Waals surface area (Å²) in [6.07, 6.45) is 6.56. The number of para-hydroxylation sites is 4. The molecule has 4 aromatic carbocycles. The Morgan fingerprint density at radius 1 is 0.513 bits per heavy atom.